The average Bonchev–Trinajstić information content (AvgIpc) is 3.15. The Morgan fingerprint density at radius 2 is 1.67 bits per heavy atom. The number of benzene rings is 2. The molecule has 1 heterocycles. The molecule has 3 aromatic rings. The molecule has 7 heteroatoms. The van der Waals surface area contributed by atoms with Crippen LogP contribution in [0.5, 0.6) is 5.75 Å². The lowest BCUT2D eigenvalue weighted by Gasteiger charge is -2.24. The fourth-order valence-electron chi connectivity index (χ4n) is 3.18. The lowest BCUT2D eigenvalue weighted by atomic mass is 9.91. The number of esters is 2. The van der Waals surface area contributed by atoms with E-state index in [2.05, 4.69) is 4.98 Å². The number of nitrogens with two attached hydrogens (primary N) is 1. The van der Waals surface area contributed by atoms with Crippen molar-refractivity contribution >= 4 is 22.8 Å². The molecule has 0 radical (unpaired) electrons. The quantitative estimate of drug-likeness (QED) is 0.415. The number of hydrogen-bond acceptors (Lipinski definition) is 6. The number of fused-ring (bicyclic) bond motifs is 1. The Hall–Kier alpha value is -3.32. The van der Waals surface area contributed by atoms with Crippen molar-refractivity contribution in [3.8, 4) is 5.75 Å². The zero-order valence-corrected chi connectivity index (χ0v) is 17.1. The van der Waals surface area contributed by atoms with Gasteiger partial charge in [-0.15, -0.1) is 0 Å². The highest BCUT2D eigenvalue weighted by Crippen LogP contribution is 2.27. The van der Waals surface area contributed by atoms with E-state index in [1.54, 1.807) is 20.0 Å². The maximum absolute atomic E-state index is 12.5. The standard InChI is InChI=1S/C23H26N2O5/c1-3-28-21(26)23(24,22(27)29-4-2)13-17-14-25-20-11-10-18(12-19(17)20)30-15-16-8-6-5-7-9-16/h5-12,14,25H,3-4,13,15,24H2,1-2H3. The van der Waals surface area contributed by atoms with Gasteiger partial charge < -0.3 is 24.9 Å². The molecule has 0 spiro atoms. The van der Waals surface area contributed by atoms with E-state index < -0.39 is 17.5 Å². The van der Waals surface area contributed by atoms with Gasteiger partial charge in [0, 0.05) is 23.5 Å². The van der Waals surface area contributed by atoms with E-state index in [0.717, 1.165) is 16.5 Å². The molecule has 7 nitrogen and oxygen atoms in total. The number of aromatic amines is 1. The zero-order chi connectivity index (χ0) is 21.6. The smallest absolute Gasteiger partial charge is 0.338 e. The molecule has 3 rings (SSSR count). The Balaban J connectivity index is 1.86. The largest absolute Gasteiger partial charge is 0.489 e. The number of nitrogens with one attached hydrogen (secondary N) is 1. The summed E-state index contributed by atoms with van der Waals surface area (Å²) in [6.07, 6.45) is 1.67. The minimum absolute atomic E-state index is 0.0627. The Morgan fingerprint density at radius 3 is 2.30 bits per heavy atom. The zero-order valence-electron chi connectivity index (χ0n) is 17.1. The number of hydrogen-bond donors (Lipinski definition) is 2. The summed E-state index contributed by atoms with van der Waals surface area (Å²) in [5.74, 6) is -0.953. The molecule has 0 saturated heterocycles. The molecular weight excluding hydrogens is 384 g/mol. The highest BCUT2D eigenvalue weighted by molar-refractivity contribution is 6.05. The van der Waals surface area contributed by atoms with Gasteiger partial charge in [-0.25, -0.2) is 9.59 Å². The SMILES string of the molecule is CCOC(=O)C(N)(Cc1c[nH]c2ccc(OCc3ccccc3)cc12)C(=O)OCC. The van der Waals surface area contributed by atoms with Gasteiger partial charge in [-0.05, 0) is 43.2 Å². The number of rotatable bonds is 9. The van der Waals surface area contributed by atoms with E-state index in [-0.39, 0.29) is 19.6 Å². The first kappa shape index (κ1) is 21.4. The van der Waals surface area contributed by atoms with Crippen molar-refractivity contribution in [1.82, 2.24) is 4.98 Å². The maximum Gasteiger partial charge on any atom is 0.338 e. The first-order valence-electron chi connectivity index (χ1n) is 9.88. The second-order valence-electron chi connectivity index (χ2n) is 6.88. The van der Waals surface area contributed by atoms with Gasteiger partial charge in [-0.3, -0.25) is 0 Å². The minimum atomic E-state index is -1.93. The molecule has 0 aliphatic rings. The normalized spacial score (nSPS) is 11.3. The molecule has 3 N–H and O–H groups in total. The second-order valence-corrected chi connectivity index (χ2v) is 6.88. The van der Waals surface area contributed by atoms with Crippen molar-refractivity contribution in [3.05, 3.63) is 65.9 Å². The van der Waals surface area contributed by atoms with Crippen LogP contribution in [-0.2, 0) is 32.1 Å². The first-order valence-corrected chi connectivity index (χ1v) is 9.88. The summed E-state index contributed by atoms with van der Waals surface area (Å²) in [6.45, 7) is 3.97. The van der Waals surface area contributed by atoms with Crippen LogP contribution in [0.4, 0.5) is 0 Å². The molecule has 0 saturated carbocycles. The van der Waals surface area contributed by atoms with Crippen LogP contribution in [0.3, 0.4) is 0 Å². The highest BCUT2D eigenvalue weighted by Gasteiger charge is 2.45. The number of H-pyrrole nitrogens is 1. The summed E-state index contributed by atoms with van der Waals surface area (Å²) in [6, 6.07) is 15.4. The van der Waals surface area contributed by atoms with Crippen molar-refractivity contribution < 1.29 is 23.8 Å². The van der Waals surface area contributed by atoms with Gasteiger partial charge in [0.1, 0.15) is 12.4 Å². The van der Waals surface area contributed by atoms with Crippen molar-refractivity contribution in [1.29, 1.82) is 0 Å². The Bertz CT molecular complexity index is 995. The van der Waals surface area contributed by atoms with Crippen LogP contribution in [-0.4, -0.2) is 35.7 Å². The van der Waals surface area contributed by atoms with E-state index in [1.807, 2.05) is 48.5 Å². The fourth-order valence-corrected chi connectivity index (χ4v) is 3.18. The van der Waals surface area contributed by atoms with Crippen molar-refractivity contribution in [2.45, 2.75) is 32.4 Å². The van der Waals surface area contributed by atoms with Crippen LogP contribution >= 0.6 is 0 Å². The molecule has 158 valence electrons. The van der Waals surface area contributed by atoms with E-state index in [1.165, 1.54) is 0 Å². The third kappa shape index (κ3) is 4.63. The molecule has 0 fully saturated rings. The predicted molar refractivity (Wildman–Crippen MR) is 113 cm³/mol. The lowest BCUT2D eigenvalue weighted by molar-refractivity contribution is -0.163. The van der Waals surface area contributed by atoms with E-state index >= 15 is 0 Å². The Kier molecular flexibility index (Phi) is 6.74. The molecule has 0 atom stereocenters. The van der Waals surface area contributed by atoms with Gasteiger partial charge in [0.25, 0.3) is 0 Å². The monoisotopic (exact) mass is 410 g/mol. The molecule has 0 aliphatic carbocycles. The van der Waals surface area contributed by atoms with Crippen LogP contribution in [0.2, 0.25) is 0 Å². The maximum atomic E-state index is 12.5. The minimum Gasteiger partial charge on any atom is -0.489 e. The fraction of sp³-hybridized carbons (Fsp3) is 0.304. The van der Waals surface area contributed by atoms with Gasteiger partial charge in [0.05, 0.1) is 13.2 Å². The number of carbonyl (C=O) groups excluding carboxylic acids is 2. The molecule has 2 aromatic carbocycles. The van der Waals surface area contributed by atoms with Gasteiger partial charge in [0.2, 0.25) is 5.54 Å². The van der Waals surface area contributed by atoms with Crippen molar-refractivity contribution in [2.75, 3.05) is 13.2 Å². The topological polar surface area (TPSA) is 104 Å². The van der Waals surface area contributed by atoms with Crippen LogP contribution in [0, 0.1) is 0 Å². The lowest BCUT2D eigenvalue weighted by Crippen LogP contribution is -2.58. The summed E-state index contributed by atoms with van der Waals surface area (Å²) in [7, 11) is 0. The third-order valence-electron chi connectivity index (χ3n) is 4.74. The summed E-state index contributed by atoms with van der Waals surface area (Å²) in [4.78, 5) is 28.1. The van der Waals surface area contributed by atoms with Crippen molar-refractivity contribution in [3.63, 3.8) is 0 Å². The summed E-state index contributed by atoms with van der Waals surface area (Å²) >= 11 is 0. The molecule has 0 amide bonds. The molecule has 30 heavy (non-hydrogen) atoms. The third-order valence-corrected chi connectivity index (χ3v) is 4.74. The highest BCUT2D eigenvalue weighted by atomic mass is 16.6. The van der Waals surface area contributed by atoms with Gasteiger partial charge in [0.15, 0.2) is 0 Å². The van der Waals surface area contributed by atoms with E-state index in [0.29, 0.717) is 17.9 Å². The van der Waals surface area contributed by atoms with Gasteiger partial charge in [-0.2, -0.15) is 0 Å². The van der Waals surface area contributed by atoms with Crippen LogP contribution in [0.1, 0.15) is 25.0 Å². The van der Waals surface area contributed by atoms with Crippen LogP contribution in [0.15, 0.2) is 54.7 Å². The first-order chi connectivity index (χ1) is 14.5. The predicted octanol–water partition coefficient (Wildman–Crippen LogP) is 3.11. The van der Waals surface area contributed by atoms with Gasteiger partial charge in [-0.1, -0.05) is 30.3 Å². The van der Waals surface area contributed by atoms with E-state index in [9.17, 15) is 9.59 Å². The number of ether oxygens (including phenoxy) is 3. The van der Waals surface area contributed by atoms with Crippen molar-refractivity contribution in [2.24, 2.45) is 5.73 Å². The van der Waals surface area contributed by atoms with Gasteiger partial charge >= 0.3 is 11.9 Å². The molecule has 0 unspecified atom stereocenters. The summed E-state index contributed by atoms with van der Waals surface area (Å²) < 4.78 is 16.0. The Labute approximate surface area is 175 Å². The molecule has 0 aliphatic heterocycles. The van der Waals surface area contributed by atoms with Crippen LogP contribution in [0.25, 0.3) is 10.9 Å². The molecule has 1 aromatic heterocycles. The average molecular weight is 410 g/mol. The summed E-state index contributed by atoms with van der Waals surface area (Å²) in [5.41, 5.74) is 6.88. The Morgan fingerprint density at radius 1 is 1.00 bits per heavy atom. The number of carbonyl (C=O) groups is 2. The van der Waals surface area contributed by atoms with E-state index in [4.69, 9.17) is 19.9 Å². The molecular formula is C23H26N2O5. The van der Waals surface area contributed by atoms with Crippen LogP contribution < -0.4 is 10.5 Å². The second kappa shape index (κ2) is 9.45. The molecule has 0 bridgehead atoms. The summed E-state index contributed by atoms with van der Waals surface area (Å²) in [5, 5.41) is 0.809. The number of aromatic nitrogens is 1.